The van der Waals surface area contributed by atoms with E-state index in [-0.39, 0.29) is 5.91 Å². The van der Waals surface area contributed by atoms with Gasteiger partial charge in [-0.05, 0) is 69.0 Å². The van der Waals surface area contributed by atoms with E-state index in [1.807, 2.05) is 39.8 Å². The van der Waals surface area contributed by atoms with Gasteiger partial charge in [0.05, 0.1) is 5.56 Å². The van der Waals surface area contributed by atoms with Crippen molar-refractivity contribution in [3.05, 3.63) is 76.1 Å². The number of amides is 1. The Morgan fingerprint density at radius 3 is 1.85 bits per heavy atom. The normalized spacial score (nSPS) is 10.6. The van der Waals surface area contributed by atoms with E-state index in [0.717, 1.165) is 33.6 Å². The molecule has 0 spiro atoms. The van der Waals surface area contributed by atoms with Gasteiger partial charge < -0.3 is 10.6 Å². The van der Waals surface area contributed by atoms with Crippen LogP contribution in [0.5, 0.6) is 0 Å². The molecule has 5 heteroatoms. The second-order valence-electron chi connectivity index (χ2n) is 7.02. The fourth-order valence-corrected chi connectivity index (χ4v) is 3.25. The van der Waals surface area contributed by atoms with Gasteiger partial charge in [-0.15, -0.1) is 0 Å². The van der Waals surface area contributed by atoms with Crippen molar-refractivity contribution in [2.45, 2.75) is 34.6 Å². The minimum absolute atomic E-state index is 0.228. The van der Waals surface area contributed by atoms with Crippen LogP contribution >= 0.6 is 0 Å². The molecular weight excluding hydrogens is 336 g/mol. The minimum atomic E-state index is -0.228. The Kier molecular flexibility index (Phi) is 5.21. The average molecular weight is 360 g/mol. The van der Waals surface area contributed by atoms with Crippen molar-refractivity contribution in [3.8, 4) is 0 Å². The summed E-state index contributed by atoms with van der Waals surface area (Å²) in [6.45, 7) is 10.2. The molecular formula is C22H24N4O. The Labute approximate surface area is 159 Å². The van der Waals surface area contributed by atoms with E-state index in [9.17, 15) is 4.79 Å². The zero-order valence-corrected chi connectivity index (χ0v) is 16.3. The molecule has 3 rings (SSSR count). The minimum Gasteiger partial charge on any atom is -0.324 e. The summed E-state index contributed by atoms with van der Waals surface area (Å²) in [7, 11) is 0. The number of nitrogens with one attached hydrogen (secondary N) is 2. The van der Waals surface area contributed by atoms with E-state index < -0.39 is 0 Å². The summed E-state index contributed by atoms with van der Waals surface area (Å²) in [4.78, 5) is 21.0. The maximum Gasteiger partial charge on any atom is 0.258 e. The summed E-state index contributed by atoms with van der Waals surface area (Å²) in [6.07, 6.45) is 3.07. The Morgan fingerprint density at radius 1 is 0.778 bits per heavy atom. The van der Waals surface area contributed by atoms with Crippen LogP contribution < -0.4 is 10.6 Å². The van der Waals surface area contributed by atoms with Crippen LogP contribution in [-0.4, -0.2) is 15.9 Å². The Hall–Kier alpha value is -3.21. The lowest BCUT2D eigenvalue weighted by Crippen LogP contribution is -2.13. The second kappa shape index (κ2) is 7.58. The molecule has 1 amide bonds. The first-order valence-electron chi connectivity index (χ1n) is 8.88. The van der Waals surface area contributed by atoms with Gasteiger partial charge in [0, 0.05) is 23.8 Å². The van der Waals surface area contributed by atoms with E-state index in [1.165, 1.54) is 18.0 Å². The van der Waals surface area contributed by atoms with Crippen LogP contribution in [0.3, 0.4) is 0 Å². The van der Waals surface area contributed by atoms with Crippen molar-refractivity contribution >= 4 is 23.2 Å². The number of rotatable bonds is 4. The molecule has 0 saturated carbocycles. The third kappa shape index (κ3) is 4.50. The molecule has 1 heterocycles. The molecule has 0 atom stereocenters. The molecule has 5 nitrogen and oxygen atoms in total. The van der Waals surface area contributed by atoms with Gasteiger partial charge >= 0.3 is 0 Å². The zero-order valence-electron chi connectivity index (χ0n) is 16.3. The maximum absolute atomic E-state index is 12.4. The molecule has 1 aromatic heterocycles. The van der Waals surface area contributed by atoms with E-state index in [4.69, 9.17) is 0 Å². The van der Waals surface area contributed by atoms with Gasteiger partial charge in [-0.2, -0.15) is 0 Å². The lowest BCUT2D eigenvalue weighted by Gasteiger charge is -2.13. The highest BCUT2D eigenvalue weighted by atomic mass is 16.1. The quantitative estimate of drug-likeness (QED) is 0.686. The van der Waals surface area contributed by atoms with Gasteiger partial charge in [-0.3, -0.25) is 4.79 Å². The fraction of sp³-hybridized carbons (Fsp3) is 0.227. The van der Waals surface area contributed by atoms with Gasteiger partial charge in [0.25, 0.3) is 5.91 Å². The van der Waals surface area contributed by atoms with Gasteiger partial charge in [0.15, 0.2) is 0 Å². The largest absolute Gasteiger partial charge is 0.324 e. The Bertz CT molecular complexity index is 950. The third-order valence-corrected chi connectivity index (χ3v) is 4.31. The molecule has 0 bridgehead atoms. The molecule has 0 unspecified atom stereocenters. The molecule has 0 aliphatic heterocycles. The number of carbonyl (C=O) groups excluding carboxylic acids is 1. The monoisotopic (exact) mass is 360 g/mol. The van der Waals surface area contributed by atoms with Crippen LogP contribution in [0.4, 0.5) is 17.3 Å². The van der Waals surface area contributed by atoms with E-state index in [1.54, 1.807) is 0 Å². The highest BCUT2D eigenvalue weighted by molar-refractivity contribution is 6.04. The first-order chi connectivity index (χ1) is 12.8. The molecule has 3 aromatic rings. The fourth-order valence-electron chi connectivity index (χ4n) is 3.25. The number of hydrogen-bond acceptors (Lipinski definition) is 4. The highest BCUT2D eigenvalue weighted by Crippen LogP contribution is 2.24. The van der Waals surface area contributed by atoms with Crippen molar-refractivity contribution in [2.75, 3.05) is 10.6 Å². The first kappa shape index (κ1) is 18.6. The SMILES string of the molecule is Cc1cc(C)cc(NC(=O)c2cnc(Nc3c(C)cc(C)cc3C)nc2)c1. The van der Waals surface area contributed by atoms with Gasteiger partial charge in [-0.25, -0.2) is 9.97 Å². The predicted octanol–water partition coefficient (Wildman–Crippen LogP) is 5.01. The van der Waals surface area contributed by atoms with Crippen molar-refractivity contribution in [3.63, 3.8) is 0 Å². The van der Waals surface area contributed by atoms with Crippen LogP contribution in [0.25, 0.3) is 0 Å². The summed E-state index contributed by atoms with van der Waals surface area (Å²) in [6, 6.07) is 10.2. The number of benzene rings is 2. The number of aromatic nitrogens is 2. The first-order valence-corrected chi connectivity index (χ1v) is 8.88. The Morgan fingerprint density at radius 2 is 1.30 bits per heavy atom. The predicted molar refractivity (Wildman–Crippen MR) is 110 cm³/mol. The van der Waals surface area contributed by atoms with Crippen molar-refractivity contribution in [1.29, 1.82) is 0 Å². The van der Waals surface area contributed by atoms with Crippen LogP contribution in [0.2, 0.25) is 0 Å². The number of anilines is 3. The number of nitrogens with zero attached hydrogens (tertiary/aromatic N) is 2. The standard InChI is InChI=1S/C22H24N4O/c1-13-6-14(2)10-19(9-13)25-21(27)18-11-23-22(24-12-18)26-20-16(4)7-15(3)8-17(20)5/h6-12H,1-5H3,(H,25,27)(H,23,24,26). The number of aryl methyl sites for hydroxylation is 5. The van der Waals surface area contributed by atoms with E-state index in [2.05, 4.69) is 45.7 Å². The van der Waals surface area contributed by atoms with E-state index in [0.29, 0.717) is 11.5 Å². The highest BCUT2D eigenvalue weighted by Gasteiger charge is 2.10. The molecule has 2 aromatic carbocycles. The Balaban J connectivity index is 1.74. The molecule has 0 radical (unpaired) electrons. The molecule has 138 valence electrons. The summed E-state index contributed by atoms with van der Waals surface area (Å²) in [5.74, 6) is 0.238. The maximum atomic E-state index is 12.4. The third-order valence-electron chi connectivity index (χ3n) is 4.31. The van der Waals surface area contributed by atoms with Crippen LogP contribution in [0, 0.1) is 34.6 Å². The zero-order chi connectivity index (χ0) is 19.6. The summed E-state index contributed by atoms with van der Waals surface area (Å²) in [5.41, 5.74) is 7.86. The lowest BCUT2D eigenvalue weighted by atomic mass is 10.1. The summed E-state index contributed by atoms with van der Waals surface area (Å²) in [5, 5.41) is 6.14. The van der Waals surface area contributed by atoms with Crippen molar-refractivity contribution in [1.82, 2.24) is 9.97 Å². The molecule has 27 heavy (non-hydrogen) atoms. The van der Waals surface area contributed by atoms with Crippen molar-refractivity contribution in [2.24, 2.45) is 0 Å². The lowest BCUT2D eigenvalue weighted by molar-refractivity contribution is 0.102. The molecule has 0 aliphatic rings. The van der Waals surface area contributed by atoms with Crippen LogP contribution in [0.1, 0.15) is 38.2 Å². The van der Waals surface area contributed by atoms with Gasteiger partial charge in [0.1, 0.15) is 0 Å². The second-order valence-corrected chi connectivity index (χ2v) is 7.02. The van der Waals surface area contributed by atoms with E-state index >= 15 is 0 Å². The van der Waals surface area contributed by atoms with Crippen LogP contribution in [0.15, 0.2) is 42.7 Å². The number of carbonyl (C=O) groups is 1. The molecule has 0 aliphatic carbocycles. The smallest absolute Gasteiger partial charge is 0.258 e. The molecule has 0 saturated heterocycles. The van der Waals surface area contributed by atoms with Gasteiger partial charge in [-0.1, -0.05) is 23.8 Å². The summed E-state index contributed by atoms with van der Waals surface area (Å²) < 4.78 is 0. The topological polar surface area (TPSA) is 66.9 Å². The molecule has 2 N–H and O–H groups in total. The molecule has 0 fully saturated rings. The average Bonchev–Trinajstić information content (AvgIpc) is 2.57. The number of hydrogen-bond donors (Lipinski definition) is 2. The van der Waals surface area contributed by atoms with Crippen LogP contribution in [-0.2, 0) is 0 Å². The summed E-state index contributed by atoms with van der Waals surface area (Å²) >= 11 is 0. The van der Waals surface area contributed by atoms with Gasteiger partial charge in [0.2, 0.25) is 5.95 Å². The van der Waals surface area contributed by atoms with Crippen molar-refractivity contribution < 1.29 is 4.79 Å².